The first kappa shape index (κ1) is 16.6. The Morgan fingerprint density at radius 3 is 2.10 bits per heavy atom. The fraction of sp³-hybridized carbons (Fsp3) is 0.533. The summed E-state index contributed by atoms with van der Waals surface area (Å²) in [6.45, 7) is 5.78. The Bertz CT molecular complexity index is 438. The summed E-state index contributed by atoms with van der Waals surface area (Å²) in [5.74, 6) is -1.10. The Morgan fingerprint density at radius 2 is 1.70 bits per heavy atom. The number of halogens is 2. The first-order chi connectivity index (χ1) is 9.35. The van der Waals surface area contributed by atoms with Crippen LogP contribution >= 0.6 is 0 Å². The molecule has 1 aromatic carbocycles. The van der Waals surface area contributed by atoms with Crippen LogP contribution in [0, 0.1) is 17.6 Å². The van der Waals surface area contributed by atoms with Gasteiger partial charge in [0.15, 0.2) is 0 Å². The molecule has 112 valence electrons. The van der Waals surface area contributed by atoms with Crippen molar-refractivity contribution < 1.29 is 13.6 Å². The molecule has 0 saturated heterocycles. The molecule has 0 bridgehead atoms. The normalized spacial score (nSPS) is 11.2. The van der Waals surface area contributed by atoms with Crippen LogP contribution in [0.3, 0.4) is 0 Å². The molecule has 0 radical (unpaired) electrons. The molecular formula is C15H22F2N2O. The summed E-state index contributed by atoms with van der Waals surface area (Å²) in [6.07, 6.45) is 0.447. The molecule has 3 nitrogen and oxygen atoms in total. The van der Waals surface area contributed by atoms with E-state index in [9.17, 15) is 13.6 Å². The summed E-state index contributed by atoms with van der Waals surface area (Å²) >= 11 is 0. The van der Waals surface area contributed by atoms with Crippen molar-refractivity contribution in [3.8, 4) is 0 Å². The van der Waals surface area contributed by atoms with Gasteiger partial charge in [-0.25, -0.2) is 8.78 Å². The van der Waals surface area contributed by atoms with Gasteiger partial charge in [-0.05, 0) is 32.1 Å². The number of nitrogens with zero attached hydrogens (tertiary/aromatic N) is 2. The average molecular weight is 284 g/mol. The highest BCUT2D eigenvalue weighted by Crippen LogP contribution is 2.25. The van der Waals surface area contributed by atoms with E-state index in [4.69, 9.17) is 0 Å². The van der Waals surface area contributed by atoms with Gasteiger partial charge >= 0.3 is 0 Å². The lowest BCUT2D eigenvalue weighted by Gasteiger charge is -2.28. The SMILES string of the molecule is CC(C)CN(CCN(C)C)c1c(F)cc(C=O)cc1F. The van der Waals surface area contributed by atoms with E-state index >= 15 is 0 Å². The average Bonchev–Trinajstić information content (AvgIpc) is 2.33. The fourth-order valence-electron chi connectivity index (χ4n) is 2.01. The first-order valence-corrected chi connectivity index (χ1v) is 6.69. The third-order valence-electron chi connectivity index (χ3n) is 2.89. The summed E-state index contributed by atoms with van der Waals surface area (Å²) in [5.41, 5.74) is -0.0352. The van der Waals surface area contributed by atoms with Crippen LogP contribution in [-0.4, -0.2) is 44.9 Å². The van der Waals surface area contributed by atoms with Gasteiger partial charge in [-0.3, -0.25) is 4.79 Å². The van der Waals surface area contributed by atoms with Gasteiger partial charge in [-0.2, -0.15) is 0 Å². The van der Waals surface area contributed by atoms with Crippen molar-refractivity contribution in [2.45, 2.75) is 13.8 Å². The van der Waals surface area contributed by atoms with Gasteiger partial charge in [0.05, 0.1) is 0 Å². The molecule has 0 unspecified atom stereocenters. The second kappa shape index (κ2) is 7.33. The zero-order chi connectivity index (χ0) is 15.3. The summed E-state index contributed by atoms with van der Waals surface area (Å²) < 4.78 is 28.1. The molecule has 20 heavy (non-hydrogen) atoms. The molecule has 1 rings (SSSR count). The lowest BCUT2D eigenvalue weighted by Crippen LogP contribution is -2.35. The number of likely N-dealkylation sites (N-methyl/N-ethyl adjacent to an activating group) is 1. The Labute approximate surface area is 119 Å². The molecule has 0 spiro atoms. The van der Waals surface area contributed by atoms with E-state index < -0.39 is 11.6 Å². The van der Waals surface area contributed by atoms with Crippen LogP contribution in [0.5, 0.6) is 0 Å². The number of benzene rings is 1. The zero-order valence-corrected chi connectivity index (χ0v) is 12.5. The van der Waals surface area contributed by atoms with Gasteiger partial charge in [0.2, 0.25) is 0 Å². The summed E-state index contributed by atoms with van der Waals surface area (Å²) in [5, 5.41) is 0. The number of carbonyl (C=O) groups excluding carboxylic acids is 1. The molecule has 1 aromatic rings. The number of anilines is 1. The van der Waals surface area contributed by atoms with Gasteiger partial charge in [0.1, 0.15) is 23.6 Å². The Balaban J connectivity index is 3.08. The minimum Gasteiger partial charge on any atom is -0.365 e. The van der Waals surface area contributed by atoms with E-state index in [1.807, 2.05) is 32.8 Å². The van der Waals surface area contributed by atoms with Gasteiger partial charge in [-0.15, -0.1) is 0 Å². The van der Waals surface area contributed by atoms with Gasteiger partial charge in [0, 0.05) is 25.2 Å². The molecule has 0 aromatic heterocycles. The number of hydrogen-bond donors (Lipinski definition) is 0. The molecule has 0 atom stereocenters. The van der Waals surface area contributed by atoms with Crippen molar-refractivity contribution in [3.63, 3.8) is 0 Å². The van der Waals surface area contributed by atoms with Crippen LogP contribution in [0.15, 0.2) is 12.1 Å². The maximum atomic E-state index is 14.1. The van der Waals surface area contributed by atoms with Crippen molar-refractivity contribution in [1.82, 2.24) is 4.90 Å². The predicted octanol–water partition coefficient (Wildman–Crippen LogP) is 2.80. The van der Waals surface area contributed by atoms with Crippen LogP contribution < -0.4 is 4.90 Å². The van der Waals surface area contributed by atoms with Crippen molar-refractivity contribution in [2.75, 3.05) is 38.6 Å². The lowest BCUT2D eigenvalue weighted by molar-refractivity contribution is 0.112. The molecule has 0 N–H and O–H groups in total. The minimum absolute atomic E-state index is 0.0147. The summed E-state index contributed by atoms with van der Waals surface area (Å²) in [7, 11) is 3.82. The Kier molecular flexibility index (Phi) is 6.07. The van der Waals surface area contributed by atoms with Crippen molar-refractivity contribution >= 4 is 12.0 Å². The quantitative estimate of drug-likeness (QED) is 0.719. The monoisotopic (exact) mass is 284 g/mol. The van der Waals surface area contributed by atoms with Crippen LogP contribution in [0.25, 0.3) is 0 Å². The highest BCUT2D eigenvalue weighted by atomic mass is 19.1. The first-order valence-electron chi connectivity index (χ1n) is 6.69. The van der Waals surface area contributed by atoms with E-state index in [1.54, 1.807) is 4.90 Å². The topological polar surface area (TPSA) is 23.6 Å². The van der Waals surface area contributed by atoms with Crippen LogP contribution in [0.2, 0.25) is 0 Å². The molecule has 0 heterocycles. The fourth-order valence-corrected chi connectivity index (χ4v) is 2.01. The highest BCUT2D eigenvalue weighted by Gasteiger charge is 2.19. The third-order valence-corrected chi connectivity index (χ3v) is 2.89. The molecule has 5 heteroatoms. The predicted molar refractivity (Wildman–Crippen MR) is 77.4 cm³/mol. The number of hydrogen-bond acceptors (Lipinski definition) is 3. The minimum atomic E-state index is -0.688. The maximum absolute atomic E-state index is 14.1. The summed E-state index contributed by atoms with van der Waals surface area (Å²) in [4.78, 5) is 14.3. The standard InChI is InChI=1S/C15H22F2N2O/c1-11(2)9-19(6-5-18(3)4)15-13(16)7-12(10-20)8-14(15)17/h7-8,10-11H,5-6,9H2,1-4H3. The van der Waals surface area contributed by atoms with Crippen LogP contribution in [-0.2, 0) is 0 Å². The van der Waals surface area contributed by atoms with E-state index in [1.165, 1.54) is 0 Å². The second-order valence-electron chi connectivity index (χ2n) is 5.59. The molecule has 0 amide bonds. The van der Waals surface area contributed by atoms with Gasteiger partial charge in [0.25, 0.3) is 0 Å². The summed E-state index contributed by atoms with van der Waals surface area (Å²) in [6, 6.07) is 2.16. The van der Waals surface area contributed by atoms with Crippen molar-refractivity contribution in [1.29, 1.82) is 0 Å². The largest absolute Gasteiger partial charge is 0.365 e. The van der Waals surface area contributed by atoms with Gasteiger partial charge < -0.3 is 9.80 Å². The Hall–Kier alpha value is -1.49. The van der Waals surface area contributed by atoms with Gasteiger partial charge in [-0.1, -0.05) is 13.8 Å². The van der Waals surface area contributed by atoms with E-state index in [0.29, 0.717) is 25.9 Å². The number of aldehydes is 1. The zero-order valence-electron chi connectivity index (χ0n) is 12.5. The number of rotatable bonds is 7. The molecule has 0 aliphatic heterocycles. The van der Waals surface area contributed by atoms with E-state index in [0.717, 1.165) is 12.1 Å². The molecule has 0 aliphatic carbocycles. The van der Waals surface area contributed by atoms with Crippen molar-refractivity contribution in [3.05, 3.63) is 29.3 Å². The van der Waals surface area contributed by atoms with E-state index in [2.05, 4.69) is 0 Å². The third kappa shape index (κ3) is 4.56. The Morgan fingerprint density at radius 1 is 1.15 bits per heavy atom. The highest BCUT2D eigenvalue weighted by molar-refractivity contribution is 5.76. The second-order valence-corrected chi connectivity index (χ2v) is 5.59. The maximum Gasteiger partial charge on any atom is 0.150 e. The molecule has 0 aliphatic rings. The lowest BCUT2D eigenvalue weighted by atomic mass is 10.1. The molecule has 0 saturated carbocycles. The number of carbonyl (C=O) groups is 1. The molecular weight excluding hydrogens is 262 g/mol. The van der Waals surface area contributed by atoms with E-state index in [-0.39, 0.29) is 17.2 Å². The molecule has 0 fully saturated rings. The van der Waals surface area contributed by atoms with Crippen molar-refractivity contribution in [2.24, 2.45) is 5.92 Å². The smallest absolute Gasteiger partial charge is 0.150 e. The van der Waals surface area contributed by atoms with Crippen LogP contribution in [0.1, 0.15) is 24.2 Å². The van der Waals surface area contributed by atoms with Crippen LogP contribution in [0.4, 0.5) is 14.5 Å².